The Morgan fingerprint density at radius 1 is 1.38 bits per heavy atom. The van der Waals surface area contributed by atoms with Crippen LogP contribution in [-0.2, 0) is 6.42 Å². The van der Waals surface area contributed by atoms with Crippen LogP contribution >= 0.6 is 12.2 Å². The fraction of sp³-hybridized carbons (Fsp3) is 0.833. The molecule has 1 heterocycles. The Bertz CT molecular complexity index is 393. The zero-order valence-electron chi connectivity index (χ0n) is 10.2. The number of nitrogens with zero attached hydrogens (tertiary/aromatic N) is 2. The quantitative estimate of drug-likeness (QED) is 0.817. The maximum absolute atomic E-state index is 5.37. The van der Waals surface area contributed by atoms with E-state index in [0.717, 1.165) is 22.9 Å². The van der Waals surface area contributed by atoms with Crippen LogP contribution in [0.15, 0.2) is 0 Å². The largest absolute Gasteiger partial charge is 0.301 e. The van der Waals surface area contributed by atoms with E-state index in [1.165, 1.54) is 32.1 Å². The van der Waals surface area contributed by atoms with Crippen molar-refractivity contribution in [3.05, 3.63) is 10.6 Å². The minimum absolute atomic E-state index is 0.583. The minimum atomic E-state index is 0.583. The molecule has 1 aromatic heterocycles. The number of rotatable bonds is 3. The van der Waals surface area contributed by atoms with Crippen molar-refractivity contribution in [2.45, 2.75) is 58.4 Å². The van der Waals surface area contributed by atoms with Gasteiger partial charge in [-0.2, -0.15) is 5.10 Å². The number of aromatic amines is 1. The average molecular weight is 239 g/mol. The molecule has 2 atom stereocenters. The molecule has 16 heavy (non-hydrogen) atoms. The van der Waals surface area contributed by atoms with Crippen molar-refractivity contribution in [1.82, 2.24) is 14.8 Å². The predicted octanol–water partition coefficient (Wildman–Crippen LogP) is 3.64. The van der Waals surface area contributed by atoms with Gasteiger partial charge >= 0.3 is 0 Å². The monoisotopic (exact) mass is 239 g/mol. The summed E-state index contributed by atoms with van der Waals surface area (Å²) in [6.07, 6.45) is 7.52. The molecule has 0 amide bonds. The fourth-order valence-electron chi connectivity index (χ4n) is 2.93. The van der Waals surface area contributed by atoms with Gasteiger partial charge in [0.1, 0.15) is 5.82 Å². The number of hydrogen-bond acceptors (Lipinski definition) is 2. The Morgan fingerprint density at radius 3 is 2.81 bits per heavy atom. The van der Waals surface area contributed by atoms with Gasteiger partial charge in [0.25, 0.3) is 0 Å². The SMILES string of the molecule is CCc1n[nH]c(=S)n1C1CCCCC1CC. The number of nitrogens with one attached hydrogen (secondary N) is 1. The van der Waals surface area contributed by atoms with Gasteiger partial charge in [0.2, 0.25) is 0 Å². The third kappa shape index (κ3) is 2.08. The normalized spacial score (nSPS) is 25.9. The van der Waals surface area contributed by atoms with E-state index in [2.05, 4.69) is 28.6 Å². The zero-order valence-corrected chi connectivity index (χ0v) is 11.0. The summed E-state index contributed by atoms with van der Waals surface area (Å²) >= 11 is 5.37. The predicted molar refractivity (Wildman–Crippen MR) is 68.1 cm³/mol. The maximum atomic E-state index is 5.37. The van der Waals surface area contributed by atoms with E-state index in [1.54, 1.807) is 0 Å². The smallest absolute Gasteiger partial charge is 0.195 e. The van der Waals surface area contributed by atoms with Crippen molar-refractivity contribution in [2.24, 2.45) is 5.92 Å². The van der Waals surface area contributed by atoms with Crippen molar-refractivity contribution >= 4 is 12.2 Å². The standard InChI is InChI=1S/C12H21N3S/c1-3-9-7-5-6-8-10(9)15-11(4-2)13-14-12(15)16/h9-10H,3-8H2,1-2H3,(H,14,16). The first-order chi connectivity index (χ1) is 7.77. The third-order valence-electron chi connectivity index (χ3n) is 3.82. The van der Waals surface area contributed by atoms with Crippen molar-refractivity contribution in [2.75, 3.05) is 0 Å². The summed E-state index contributed by atoms with van der Waals surface area (Å²) in [5, 5.41) is 7.27. The van der Waals surface area contributed by atoms with Crippen LogP contribution in [0.3, 0.4) is 0 Å². The van der Waals surface area contributed by atoms with Gasteiger partial charge in [-0.25, -0.2) is 0 Å². The van der Waals surface area contributed by atoms with Crippen LogP contribution in [0.1, 0.15) is 57.8 Å². The Balaban J connectivity index is 2.33. The first kappa shape index (κ1) is 11.8. The number of aromatic nitrogens is 3. The Morgan fingerprint density at radius 2 is 2.12 bits per heavy atom. The van der Waals surface area contributed by atoms with Crippen LogP contribution in [0, 0.1) is 10.7 Å². The first-order valence-corrected chi connectivity index (χ1v) is 6.84. The maximum Gasteiger partial charge on any atom is 0.195 e. The molecular formula is C12H21N3S. The highest BCUT2D eigenvalue weighted by Crippen LogP contribution is 2.36. The van der Waals surface area contributed by atoms with Gasteiger partial charge in [0.05, 0.1) is 0 Å². The number of H-pyrrole nitrogens is 1. The van der Waals surface area contributed by atoms with Gasteiger partial charge < -0.3 is 4.57 Å². The summed E-state index contributed by atoms with van der Waals surface area (Å²) in [4.78, 5) is 0. The van der Waals surface area contributed by atoms with E-state index in [1.807, 2.05) is 0 Å². The van der Waals surface area contributed by atoms with Gasteiger partial charge in [-0.05, 0) is 31.0 Å². The summed E-state index contributed by atoms with van der Waals surface area (Å²) in [6.45, 7) is 4.43. The van der Waals surface area contributed by atoms with Gasteiger partial charge in [-0.3, -0.25) is 5.10 Å². The molecule has 1 saturated carbocycles. The molecule has 0 aromatic carbocycles. The van der Waals surface area contributed by atoms with Crippen molar-refractivity contribution in [3.63, 3.8) is 0 Å². The molecule has 0 radical (unpaired) electrons. The highest BCUT2D eigenvalue weighted by atomic mass is 32.1. The van der Waals surface area contributed by atoms with Gasteiger partial charge in [0, 0.05) is 12.5 Å². The molecule has 1 aliphatic rings. The second kappa shape index (κ2) is 5.13. The fourth-order valence-corrected chi connectivity index (χ4v) is 3.22. The minimum Gasteiger partial charge on any atom is -0.301 e. The molecule has 1 N–H and O–H groups in total. The van der Waals surface area contributed by atoms with Gasteiger partial charge in [0.15, 0.2) is 4.77 Å². The Labute approximate surface area is 102 Å². The topological polar surface area (TPSA) is 33.6 Å². The lowest BCUT2D eigenvalue weighted by molar-refractivity contribution is 0.226. The van der Waals surface area contributed by atoms with Crippen LogP contribution in [-0.4, -0.2) is 14.8 Å². The highest BCUT2D eigenvalue weighted by Gasteiger charge is 2.27. The van der Waals surface area contributed by atoms with Crippen LogP contribution in [0.2, 0.25) is 0 Å². The van der Waals surface area contributed by atoms with Crippen LogP contribution < -0.4 is 0 Å². The molecule has 2 unspecified atom stereocenters. The molecular weight excluding hydrogens is 218 g/mol. The van der Waals surface area contributed by atoms with E-state index >= 15 is 0 Å². The second-order valence-electron chi connectivity index (χ2n) is 4.69. The highest BCUT2D eigenvalue weighted by molar-refractivity contribution is 7.71. The van der Waals surface area contributed by atoms with Crippen LogP contribution in [0.4, 0.5) is 0 Å². The Hall–Kier alpha value is -0.640. The summed E-state index contributed by atoms with van der Waals surface area (Å²) in [5.41, 5.74) is 0. The Kier molecular flexibility index (Phi) is 3.79. The van der Waals surface area contributed by atoms with Crippen molar-refractivity contribution in [1.29, 1.82) is 0 Å². The molecule has 1 aliphatic carbocycles. The second-order valence-corrected chi connectivity index (χ2v) is 5.08. The van der Waals surface area contributed by atoms with Gasteiger partial charge in [-0.1, -0.05) is 33.1 Å². The lowest BCUT2D eigenvalue weighted by Gasteiger charge is -2.32. The van der Waals surface area contributed by atoms with Crippen LogP contribution in [0.5, 0.6) is 0 Å². The van der Waals surface area contributed by atoms with Crippen molar-refractivity contribution < 1.29 is 0 Å². The number of aryl methyl sites for hydroxylation is 1. The molecule has 0 aliphatic heterocycles. The van der Waals surface area contributed by atoms with E-state index in [4.69, 9.17) is 12.2 Å². The van der Waals surface area contributed by atoms with E-state index in [9.17, 15) is 0 Å². The molecule has 0 saturated heterocycles. The third-order valence-corrected chi connectivity index (χ3v) is 4.11. The van der Waals surface area contributed by atoms with E-state index in [-0.39, 0.29) is 0 Å². The molecule has 2 rings (SSSR count). The first-order valence-electron chi connectivity index (χ1n) is 6.43. The molecule has 1 fully saturated rings. The summed E-state index contributed by atoms with van der Waals surface area (Å²) in [6, 6.07) is 0.583. The van der Waals surface area contributed by atoms with Crippen molar-refractivity contribution in [3.8, 4) is 0 Å². The van der Waals surface area contributed by atoms with Gasteiger partial charge in [-0.15, -0.1) is 0 Å². The molecule has 90 valence electrons. The zero-order chi connectivity index (χ0) is 11.5. The van der Waals surface area contributed by atoms with E-state index < -0.39 is 0 Å². The molecule has 4 heteroatoms. The van der Waals surface area contributed by atoms with E-state index in [0.29, 0.717) is 6.04 Å². The lowest BCUT2D eigenvalue weighted by Crippen LogP contribution is -2.24. The summed E-state index contributed by atoms with van der Waals surface area (Å²) in [7, 11) is 0. The summed E-state index contributed by atoms with van der Waals surface area (Å²) < 4.78 is 3.09. The number of hydrogen-bond donors (Lipinski definition) is 1. The average Bonchev–Trinajstić information content (AvgIpc) is 2.70. The van der Waals surface area contributed by atoms with Crippen LogP contribution in [0.25, 0.3) is 0 Å². The molecule has 3 nitrogen and oxygen atoms in total. The molecule has 1 aromatic rings. The molecule has 0 bridgehead atoms. The molecule has 0 spiro atoms. The summed E-state index contributed by atoms with van der Waals surface area (Å²) in [5.74, 6) is 1.90. The lowest BCUT2D eigenvalue weighted by atomic mass is 9.82.